The molecule has 0 radical (unpaired) electrons. The third-order valence-electron chi connectivity index (χ3n) is 2.69. The molecule has 3 nitrogen and oxygen atoms in total. The number of hydrogen-bond donors (Lipinski definition) is 1. The van der Waals surface area contributed by atoms with E-state index in [0.717, 1.165) is 16.0 Å². The number of nitrogen functional groups attached to an aromatic ring is 1. The first-order chi connectivity index (χ1) is 8.83. The summed E-state index contributed by atoms with van der Waals surface area (Å²) in [4.78, 5) is 5.04. The van der Waals surface area contributed by atoms with Crippen molar-refractivity contribution in [3.8, 4) is 5.75 Å². The monoisotopic (exact) mass is 256 g/mol. The lowest BCUT2D eigenvalue weighted by atomic mass is 10.1. The third-order valence-corrected chi connectivity index (χ3v) is 3.49. The van der Waals surface area contributed by atoms with Crippen LogP contribution in [-0.4, -0.2) is 4.98 Å². The summed E-state index contributed by atoms with van der Waals surface area (Å²) in [6, 6.07) is 14.2. The van der Waals surface area contributed by atoms with Gasteiger partial charge < -0.3 is 10.5 Å². The molecule has 3 aromatic rings. The van der Waals surface area contributed by atoms with Crippen LogP contribution in [0.2, 0.25) is 0 Å². The molecule has 0 spiro atoms. The number of aromatic nitrogens is 1. The molecule has 0 atom stereocenters. The summed E-state index contributed by atoms with van der Waals surface area (Å²) >= 11 is 1.45. The topological polar surface area (TPSA) is 48.1 Å². The Hall–Kier alpha value is -2.07. The molecule has 0 aliphatic carbocycles. The van der Waals surface area contributed by atoms with Crippen molar-refractivity contribution in [3.05, 3.63) is 53.5 Å². The standard InChI is InChI=1S/C14H12N2OS/c15-14-16-8-11(18-14)9-17-13-7-3-5-10-4-1-2-6-12(10)13/h1-8H,9H2,(H2,15,16). The summed E-state index contributed by atoms with van der Waals surface area (Å²) in [6.45, 7) is 0.503. The van der Waals surface area contributed by atoms with E-state index in [-0.39, 0.29) is 0 Å². The van der Waals surface area contributed by atoms with E-state index >= 15 is 0 Å². The first kappa shape index (κ1) is 11.0. The zero-order chi connectivity index (χ0) is 12.4. The maximum atomic E-state index is 5.83. The zero-order valence-corrected chi connectivity index (χ0v) is 10.5. The Labute approximate surface area is 109 Å². The van der Waals surface area contributed by atoms with Crippen molar-refractivity contribution in [3.63, 3.8) is 0 Å². The van der Waals surface area contributed by atoms with Crippen molar-refractivity contribution < 1.29 is 4.74 Å². The molecule has 0 saturated heterocycles. The number of rotatable bonds is 3. The summed E-state index contributed by atoms with van der Waals surface area (Å²) in [5, 5.41) is 2.88. The molecule has 2 N–H and O–H groups in total. The van der Waals surface area contributed by atoms with E-state index in [9.17, 15) is 0 Å². The van der Waals surface area contributed by atoms with E-state index in [1.54, 1.807) is 6.20 Å². The Bertz CT molecular complexity index is 673. The molecule has 1 aromatic heterocycles. The van der Waals surface area contributed by atoms with Crippen LogP contribution in [0.3, 0.4) is 0 Å². The van der Waals surface area contributed by atoms with Gasteiger partial charge in [-0.1, -0.05) is 47.7 Å². The highest BCUT2D eigenvalue weighted by Crippen LogP contribution is 2.26. The SMILES string of the molecule is Nc1ncc(COc2cccc3ccccc23)s1. The summed E-state index contributed by atoms with van der Waals surface area (Å²) in [5.41, 5.74) is 5.59. The highest BCUT2D eigenvalue weighted by Gasteiger charge is 2.03. The average Bonchev–Trinajstić information content (AvgIpc) is 2.82. The van der Waals surface area contributed by atoms with E-state index in [4.69, 9.17) is 10.5 Å². The van der Waals surface area contributed by atoms with Crippen molar-refractivity contribution in [1.82, 2.24) is 4.98 Å². The average molecular weight is 256 g/mol. The number of benzene rings is 2. The third kappa shape index (κ3) is 2.15. The van der Waals surface area contributed by atoms with Crippen molar-refractivity contribution in [1.29, 1.82) is 0 Å². The second-order valence-electron chi connectivity index (χ2n) is 3.93. The molecule has 0 unspecified atom stereocenters. The Morgan fingerprint density at radius 1 is 1.11 bits per heavy atom. The van der Waals surface area contributed by atoms with Gasteiger partial charge in [0.1, 0.15) is 12.4 Å². The lowest BCUT2D eigenvalue weighted by molar-refractivity contribution is 0.313. The maximum absolute atomic E-state index is 5.83. The molecule has 3 rings (SSSR count). The van der Waals surface area contributed by atoms with Crippen molar-refractivity contribution >= 4 is 27.2 Å². The van der Waals surface area contributed by atoms with Crippen LogP contribution in [0, 0.1) is 0 Å². The fourth-order valence-corrected chi connectivity index (χ4v) is 2.46. The van der Waals surface area contributed by atoms with E-state index in [1.165, 1.54) is 16.7 Å². The summed E-state index contributed by atoms with van der Waals surface area (Å²) in [6.07, 6.45) is 1.76. The van der Waals surface area contributed by atoms with Crippen LogP contribution in [0.25, 0.3) is 10.8 Å². The van der Waals surface area contributed by atoms with Gasteiger partial charge in [0.05, 0.1) is 4.88 Å². The molecule has 0 amide bonds. The molecular weight excluding hydrogens is 244 g/mol. The van der Waals surface area contributed by atoms with Crippen LogP contribution in [-0.2, 0) is 6.61 Å². The van der Waals surface area contributed by atoms with Gasteiger partial charge in [-0.05, 0) is 11.5 Å². The molecule has 18 heavy (non-hydrogen) atoms. The fraction of sp³-hybridized carbons (Fsp3) is 0.0714. The molecular formula is C14H12N2OS. The molecule has 0 bridgehead atoms. The second kappa shape index (κ2) is 4.66. The van der Waals surface area contributed by atoms with Crippen LogP contribution in [0.1, 0.15) is 4.88 Å². The number of ether oxygens (including phenoxy) is 1. The van der Waals surface area contributed by atoms with Gasteiger partial charge in [-0.2, -0.15) is 0 Å². The lowest BCUT2D eigenvalue weighted by Crippen LogP contribution is -1.93. The number of anilines is 1. The van der Waals surface area contributed by atoms with E-state index in [2.05, 4.69) is 23.2 Å². The second-order valence-corrected chi connectivity index (χ2v) is 5.08. The number of thiazole rings is 1. The maximum Gasteiger partial charge on any atom is 0.180 e. The van der Waals surface area contributed by atoms with Crippen molar-refractivity contribution in [2.24, 2.45) is 0 Å². The van der Waals surface area contributed by atoms with E-state index in [0.29, 0.717) is 11.7 Å². The summed E-state index contributed by atoms with van der Waals surface area (Å²) < 4.78 is 5.83. The molecule has 4 heteroatoms. The smallest absolute Gasteiger partial charge is 0.180 e. The Balaban J connectivity index is 1.86. The van der Waals surface area contributed by atoms with Gasteiger partial charge in [-0.3, -0.25) is 0 Å². The molecule has 0 fully saturated rings. The normalized spacial score (nSPS) is 10.7. The molecule has 0 aliphatic rings. The predicted octanol–water partition coefficient (Wildman–Crippen LogP) is 3.46. The molecule has 0 aliphatic heterocycles. The number of fused-ring (bicyclic) bond motifs is 1. The minimum absolute atomic E-state index is 0.503. The molecule has 1 heterocycles. The zero-order valence-electron chi connectivity index (χ0n) is 9.67. The van der Waals surface area contributed by atoms with Gasteiger partial charge in [0.2, 0.25) is 0 Å². The molecule has 90 valence electrons. The van der Waals surface area contributed by atoms with E-state index < -0.39 is 0 Å². The quantitative estimate of drug-likeness (QED) is 0.780. The number of hydrogen-bond acceptors (Lipinski definition) is 4. The summed E-state index contributed by atoms with van der Waals surface area (Å²) in [5.74, 6) is 0.889. The first-order valence-corrected chi connectivity index (χ1v) is 6.45. The number of nitrogens with zero attached hydrogens (tertiary/aromatic N) is 1. The molecule has 0 saturated carbocycles. The van der Waals surface area contributed by atoms with Crippen molar-refractivity contribution in [2.75, 3.05) is 5.73 Å². The van der Waals surface area contributed by atoms with Crippen molar-refractivity contribution in [2.45, 2.75) is 6.61 Å². The van der Waals surface area contributed by atoms with Gasteiger partial charge in [-0.25, -0.2) is 4.98 Å². The minimum Gasteiger partial charge on any atom is -0.487 e. The van der Waals surface area contributed by atoms with Gasteiger partial charge in [-0.15, -0.1) is 0 Å². The van der Waals surface area contributed by atoms with Crippen LogP contribution < -0.4 is 10.5 Å². The number of nitrogens with two attached hydrogens (primary N) is 1. The van der Waals surface area contributed by atoms with Crippen LogP contribution in [0.15, 0.2) is 48.7 Å². The Kier molecular flexibility index (Phi) is 2.86. The van der Waals surface area contributed by atoms with Gasteiger partial charge in [0.15, 0.2) is 5.13 Å². The van der Waals surface area contributed by atoms with Gasteiger partial charge in [0, 0.05) is 11.6 Å². The first-order valence-electron chi connectivity index (χ1n) is 5.64. The predicted molar refractivity (Wildman–Crippen MR) is 74.8 cm³/mol. The highest BCUT2D eigenvalue weighted by molar-refractivity contribution is 7.15. The van der Waals surface area contributed by atoms with Gasteiger partial charge >= 0.3 is 0 Å². The van der Waals surface area contributed by atoms with Crippen LogP contribution in [0.4, 0.5) is 5.13 Å². The Morgan fingerprint density at radius 3 is 2.78 bits per heavy atom. The summed E-state index contributed by atoms with van der Waals surface area (Å²) in [7, 11) is 0. The minimum atomic E-state index is 0.503. The Morgan fingerprint density at radius 2 is 1.94 bits per heavy atom. The van der Waals surface area contributed by atoms with Crippen LogP contribution >= 0.6 is 11.3 Å². The largest absolute Gasteiger partial charge is 0.487 e. The lowest BCUT2D eigenvalue weighted by Gasteiger charge is -2.07. The molecule has 2 aromatic carbocycles. The van der Waals surface area contributed by atoms with Crippen LogP contribution in [0.5, 0.6) is 5.75 Å². The highest BCUT2D eigenvalue weighted by atomic mass is 32.1. The van der Waals surface area contributed by atoms with E-state index in [1.807, 2.05) is 24.3 Å². The fourth-order valence-electron chi connectivity index (χ4n) is 1.86. The van der Waals surface area contributed by atoms with Gasteiger partial charge in [0.25, 0.3) is 0 Å².